The van der Waals surface area contributed by atoms with Crippen molar-refractivity contribution in [1.29, 1.82) is 5.26 Å². The van der Waals surface area contributed by atoms with Gasteiger partial charge in [-0.15, -0.1) is 0 Å². The highest BCUT2D eigenvalue weighted by Gasteiger charge is 2.11. The predicted octanol–water partition coefficient (Wildman–Crippen LogP) is 4.72. The minimum absolute atomic E-state index is 0.0191. The molecule has 0 atom stereocenters. The van der Waals surface area contributed by atoms with Crippen LogP contribution >= 0.6 is 11.6 Å². The zero-order valence-electron chi connectivity index (χ0n) is 13.8. The Bertz CT molecular complexity index is 850. The van der Waals surface area contributed by atoms with E-state index in [0.29, 0.717) is 10.7 Å². The number of rotatable bonds is 4. The molecule has 2 aromatic carbocycles. The third-order valence-corrected chi connectivity index (χ3v) is 3.80. The van der Waals surface area contributed by atoms with Gasteiger partial charge in [0, 0.05) is 22.6 Å². The summed E-state index contributed by atoms with van der Waals surface area (Å²) >= 11 is 5.94. The molecule has 2 N–H and O–H groups in total. The van der Waals surface area contributed by atoms with E-state index < -0.39 is 5.91 Å². The molecule has 5 heteroatoms. The van der Waals surface area contributed by atoms with E-state index in [1.807, 2.05) is 51.1 Å². The number of hydrogen-bond donors (Lipinski definition) is 2. The summed E-state index contributed by atoms with van der Waals surface area (Å²) in [7, 11) is 0. The molecule has 1 amide bonds. The summed E-state index contributed by atoms with van der Waals surface area (Å²) in [6.07, 6.45) is 1.41. The monoisotopic (exact) mass is 339 g/mol. The predicted molar refractivity (Wildman–Crippen MR) is 98.1 cm³/mol. The number of halogens is 1. The Morgan fingerprint density at radius 2 is 1.83 bits per heavy atom. The Balaban J connectivity index is 2.16. The van der Waals surface area contributed by atoms with Crippen molar-refractivity contribution in [2.24, 2.45) is 0 Å². The van der Waals surface area contributed by atoms with Gasteiger partial charge in [0.25, 0.3) is 5.91 Å². The van der Waals surface area contributed by atoms with Crippen LogP contribution in [0.3, 0.4) is 0 Å². The average Bonchev–Trinajstić information content (AvgIpc) is 2.53. The van der Waals surface area contributed by atoms with Gasteiger partial charge >= 0.3 is 0 Å². The van der Waals surface area contributed by atoms with Crippen LogP contribution in [0.15, 0.2) is 48.2 Å². The van der Waals surface area contributed by atoms with Crippen LogP contribution in [-0.4, -0.2) is 5.91 Å². The molecule has 24 heavy (non-hydrogen) atoms. The van der Waals surface area contributed by atoms with E-state index in [4.69, 9.17) is 11.6 Å². The van der Waals surface area contributed by atoms with Crippen LogP contribution in [0.2, 0.25) is 5.02 Å². The SMILES string of the molecule is Cc1ccc(N/C=C(/C#N)C(=O)Nc2cc(Cl)ccc2C)c(C)c1. The first-order valence-corrected chi connectivity index (χ1v) is 7.80. The van der Waals surface area contributed by atoms with Gasteiger partial charge in [-0.2, -0.15) is 5.26 Å². The second-order valence-electron chi connectivity index (χ2n) is 5.55. The lowest BCUT2D eigenvalue weighted by molar-refractivity contribution is -0.112. The molecule has 4 nitrogen and oxygen atoms in total. The van der Waals surface area contributed by atoms with Crippen LogP contribution in [0.4, 0.5) is 11.4 Å². The van der Waals surface area contributed by atoms with Gasteiger partial charge in [0.15, 0.2) is 0 Å². The van der Waals surface area contributed by atoms with Gasteiger partial charge in [-0.05, 0) is 50.1 Å². The molecule has 0 fully saturated rings. The van der Waals surface area contributed by atoms with Crippen molar-refractivity contribution in [3.05, 3.63) is 69.9 Å². The fraction of sp³-hybridized carbons (Fsp3) is 0.158. The lowest BCUT2D eigenvalue weighted by atomic mass is 10.1. The number of amides is 1. The van der Waals surface area contributed by atoms with E-state index in [1.54, 1.807) is 12.1 Å². The van der Waals surface area contributed by atoms with E-state index in [2.05, 4.69) is 10.6 Å². The highest BCUT2D eigenvalue weighted by atomic mass is 35.5. The molecule has 2 aromatic rings. The first-order chi connectivity index (χ1) is 11.4. The standard InChI is InChI=1S/C19H18ClN3O/c1-12-4-7-17(14(3)8-12)22-11-15(10-21)19(24)23-18-9-16(20)6-5-13(18)2/h4-9,11,22H,1-3H3,(H,23,24)/b15-11-. The second-order valence-corrected chi connectivity index (χ2v) is 5.98. The molecule has 0 spiro atoms. The van der Waals surface area contributed by atoms with Crippen LogP contribution in [0, 0.1) is 32.1 Å². The van der Waals surface area contributed by atoms with Crippen LogP contribution < -0.4 is 10.6 Å². The van der Waals surface area contributed by atoms with Gasteiger partial charge in [-0.25, -0.2) is 0 Å². The van der Waals surface area contributed by atoms with Crippen molar-refractivity contribution in [2.75, 3.05) is 10.6 Å². The molecular weight excluding hydrogens is 322 g/mol. The zero-order valence-corrected chi connectivity index (χ0v) is 14.5. The minimum Gasteiger partial charge on any atom is -0.360 e. The summed E-state index contributed by atoms with van der Waals surface area (Å²) in [6.45, 7) is 5.83. The number of aryl methyl sites for hydroxylation is 3. The van der Waals surface area contributed by atoms with Gasteiger partial charge in [0.1, 0.15) is 11.6 Å². The maximum absolute atomic E-state index is 12.3. The molecule has 0 aromatic heterocycles. The Labute approximate surface area is 146 Å². The van der Waals surface area contributed by atoms with E-state index in [-0.39, 0.29) is 5.57 Å². The first kappa shape index (κ1) is 17.6. The smallest absolute Gasteiger partial charge is 0.267 e. The van der Waals surface area contributed by atoms with Crippen molar-refractivity contribution < 1.29 is 4.79 Å². The van der Waals surface area contributed by atoms with E-state index in [0.717, 1.165) is 22.4 Å². The summed E-state index contributed by atoms with van der Waals surface area (Å²) in [5.41, 5.74) is 4.47. The van der Waals surface area contributed by atoms with E-state index in [9.17, 15) is 10.1 Å². The quantitative estimate of drug-likeness (QED) is 0.625. The van der Waals surface area contributed by atoms with E-state index in [1.165, 1.54) is 6.20 Å². The topological polar surface area (TPSA) is 64.9 Å². The van der Waals surface area contributed by atoms with Crippen LogP contribution in [0.1, 0.15) is 16.7 Å². The zero-order chi connectivity index (χ0) is 17.7. The number of anilines is 2. The summed E-state index contributed by atoms with van der Waals surface area (Å²) in [6, 6.07) is 13.0. The first-order valence-electron chi connectivity index (χ1n) is 7.42. The molecule has 0 saturated carbocycles. The molecule has 0 unspecified atom stereocenters. The van der Waals surface area contributed by atoms with Crippen molar-refractivity contribution in [1.82, 2.24) is 0 Å². The number of carbonyl (C=O) groups is 1. The Hall–Kier alpha value is -2.77. The Morgan fingerprint density at radius 1 is 1.08 bits per heavy atom. The number of hydrogen-bond acceptors (Lipinski definition) is 3. The third-order valence-electron chi connectivity index (χ3n) is 3.57. The fourth-order valence-electron chi connectivity index (χ4n) is 2.19. The molecule has 0 heterocycles. The Kier molecular flexibility index (Phi) is 5.62. The van der Waals surface area contributed by atoms with Gasteiger partial charge in [-0.1, -0.05) is 35.4 Å². The van der Waals surface area contributed by atoms with Crippen molar-refractivity contribution in [3.8, 4) is 6.07 Å². The van der Waals surface area contributed by atoms with Gasteiger partial charge in [0.05, 0.1) is 0 Å². The number of benzene rings is 2. The summed E-state index contributed by atoms with van der Waals surface area (Å²) in [5, 5.41) is 15.5. The summed E-state index contributed by atoms with van der Waals surface area (Å²) < 4.78 is 0. The van der Waals surface area contributed by atoms with Crippen LogP contribution in [-0.2, 0) is 4.79 Å². The van der Waals surface area contributed by atoms with Crippen LogP contribution in [0.5, 0.6) is 0 Å². The minimum atomic E-state index is -0.486. The second kappa shape index (κ2) is 7.67. The van der Waals surface area contributed by atoms with Gasteiger partial charge < -0.3 is 10.6 Å². The van der Waals surface area contributed by atoms with E-state index >= 15 is 0 Å². The molecule has 0 bridgehead atoms. The highest BCUT2D eigenvalue weighted by Crippen LogP contribution is 2.21. The summed E-state index contributed by atoms with van der Waals surface area (Å²) in [4.78, 5) is 12.3. The molecule has 0 aliphatic rings. The summed E-state index contributed by atoms with van der Waals surface area (Å²) in [5.74, 6) is -0.486. The molecule has 0 aliphatic carbocycles. The lowest BCUT2D eigenvalue weighted by Gasteiger charge is -2.09. The normalized spacial score (nSPS) is 10.9. The number of carbonyl (C=O) groups excluding carboxylic acids is 1. The van der Waals surface area contributed by atoms with Crippen molar-refractivity contribution in [3.63, 3.8) is 0 Å². The molecule has 122 valence electrons. The maximum atomic E-state index is 12.3. The molecule has 0 aliphatic heterocycles. The Morgan fingerprint density at radius 3 is 2.50 bits per heavy atom. The third kappa shape index (κ3) is 4.37. The van der Waals surface area contributed by atoms with Gasteiger partial charge in [0.2, 0.25) is 0 Å². The number of nitrogens with one attached hydrogen (secondary N) is 2. The van der Waals surface area contributed by atoms with Gasteiger partial charge in [-0.3, -0.25) is 4.79 Å². The molecule has 0 radical (unpaired) electrons. The largest absolute Gasteiger partial charge is 0.360 e. The maximum Gasteiger partial charge on any atom is 0.267 e. The van der Waals surface area contributed by atoms with Crippen molar-refractivity contribution >= 4 is 28.9 Å². The fourth-order valence-corrected chi connectivity index (χ4v) is 2.36. The van der Waals surface area contributed by atoms with Crippen molar-refractivity contribution in [2.45, 2.75) is 20.8 Å². The lowest BCUT2D eigenvalue weighted by Crippen LogP contribution is -2.15. The average molecular weight is 340 g/mol. The number of nitrogens with zero attached hydrogens (tertiary/aromatic N) is 1. The number of nitriles is 1. The highest BCUT2D eigenvalue weighted by molar-refractivity contribution is 6.31. The molecule has 2 rings (SSSR count). The molecule has 0 saturated heterocycles. The van der Waals surface area contributed by atoms with Crippen LogP contribution in [0.25, 0.3) is 0 Å². The molecular formula is C19H18ClN3O.